The van der Waals surface area contributed by atoms with Gasteiger partial charge in [0.05, 0.1) is 5.54 Å². The highest BCUT2D eigenvalue weighted by atomic mass is 16.1. The number of carbonyl (C=O) groups excluding carboxylic acids is 1. The topological polar surface area (TPSA) is 75.6 Å². The van der Waals surface area contributed by atoms with Crippen molar-refractivity contribution in [1.82, 2.24) is 9.80 Å². The molecule has 1 heterocycles. The van der Waals surface area contributed by atoms with Gasteiger partial charge in [-0.1, -0.05) is 0 Å². The maximum Gasteiger partial charge on any atom is 0.237 e. The van der Waals surface area contributed by atoms with E-state index >= 15 is 0 Å². The van der Waals surface area contributed by atoms with Gasteiger partial charge in [0.25, 0.3) is 0 Å². The molecule has 106 valence electrons. The fourth-order valence-corrected chi connectivity index (χ4v) is 2.33. The second-order valence-electron chi connectivity index (χ2n) is 6.40. The molecule has 0 radical (unpaired) electrons. The third-order valence-corrected chi connectivity index (χ3v) is 4.13. The molecular formula is C13H28N4O. The Hall–Kier alpha value is -0.650. The molecule has 0 spiro atoms. The molecule has 0 aromatic carbocycles. The van der Waals surface area contributed by atoms with Crippen molar-refractivity contribution in [3.63, 3.8) is 0 Å². The molecule has 0 bridgehead atoms. The zero-order valence-electron chi connectivity index (χ0n) is 12.2. The molecule has 1 amide bonds. The number of nitrogens with zero attached hydrogens (tertiary/aromatic N) is 2. The summed E-state index contributed by atoms with van der Waals surface area (Å²) in [5.41, 5.74) is 10.5. The van der Waals surface area contributed by atoms with Gasteiger partial charge < -0.3 is 16.4 Å². The van der Waals surface area contributed by atoms with Crippen LogP contribution >= 0.6 is 0 Å². The largest absolute Gasteiger partial charge is 0.368 e. The second kappa shape index (κ2) is 5.55. The van der Waals surface area contributed by atoms with Gasteiger partial charge in [0.1, 0.15) is 0 Å². The first-order valence-electron chi connectivity index (χ1n) is 6.67. The summed E-state index contributed by atoms with van der Waals surface area (Å²) in [5, 5.41) is 0. The van der Waals surface area contributed by atoms with E-state index in [-0.39, 0.29) is 5.54 Å². The standard InChI is InChI=1S/C13H28N4O/c1-12(2)10-17(9-8-16(12)4)7-5-6-13(3,15)11(14)18/h5-10,15H2,1-4H3,(H2,14,18). The van der Waals surface area contributed by atoms with Crippen molar-refractivity contribution in [2.24, 2.45) is 11.5 Å². The molecule has 1 aliphatic rings. The first-order valence-corrected chi connectivity index (χ1v) is 6.67. The highest BCUT2D eigenvalue weighted by Gasteiger charge is 2.31. The van der Waals surface area contributed by atoms with Crippen LogP contribution < -0.4 is 11.5 Å². The van der Waals surface area contributed by atoms with Gasteiger partial charge in [-0.05, 0) is 47.2 Å². The average Bonchev–Trinajstić information content (AvgIpc) is 2.22. The number of nitrogens with two attached hydrogens (primary N) is 2. The lowest BCUT2D eigenvalue weighted by molar-refractivity contribution is -0.122. The van der Waals surface area contributed by atoms with Crippen molar-refractivity contribution in [3.05, 3.63) is 0 Å². The van der Waals surface area contributed by atoms with E-state index in [2.05, 4.69) is 30.7 Å². The minimum Gasteiger partial charge on any atom is -0.368 e. The Morgan fingerprint density at radius 1 is 1.39 bits per heavy atom. The van der Waals surface area contributed by atoms with Crippen LogP contribution in [0.3, 0.4) is 0 Å². The highest BCUT2D eigenvalue weighted by Crippen LogP contribution is 2.19. The van der Waals surface area contributed by atoms with E-state index in [9.17, 15) is 4.79 Å². The molecule has 1 unspecified atom stereocenters. The summed E-state index contributed by atoms with van der Waals surface area (Å²) in [6.07, 6.45) is 1.56. The van der Waals surface area contributed by atoms with Gasteiger partial charge in [0.15, 0.2) is 0 Å². The van der Waals surface area contributed by atoms with E-state index in [1.54, 1.807) is 6.92 Å². The number of carbonyl (C=O) groups is 1. The SMILES string of the molecule is CN1CCN(CCCC(C)(N)C(N)=O)CC1(C)C. The van der Waals surface area contributed by atoms with E-state index in [1.165, 1.54) is 0 Å². The molecule has 1 saturated heterocycles. The smallest absolute Gasteiger partial charge is 0.237 e. The fourth-order valence-electron chi connectivity index (χ4n) is 2.33. The lowest BCUT2D eigenvalue weighted by atomic mass is 9.95. The van der Waals surface area contributed by atoms with Crippen LogP contribution in [-0.4, -0.2) is 60.0 Å². The maximum atomic E-state index is 11.1. The number of likely N-dealkylation sites (N-methyl/N-ethyl adjacent to an activating group) is 1. The predicted molar refractivity (Wildman–Crippen MR) is 74.2 cm³/mol. The first-order chi connectivity index (χ1) is 8.15. The molecule has 4 N–H and O–H groups in total. The summed E-state index contributed by atoms with van der Waals surface area (Å²) in [7, 11) is 2.17. The van der Waals surface area contributed by atoms with Crippen LogP contribution in [0.4, 0.5) is 0 Å². The molecule has 1 aliphatic heterocycles. The predicted octanol–water partition coefficient (Wildman–Crippen LogP) is -0.00470. The van der Waals surface area contributed by atoms with Crippen molar-refractivity contribution < 1.29 is 4.79 Å². The zero-order valence-corrected chi connectivity index (χ0v) is 12.2. The summed E-state index contributed by atoms with van der Waals surface area (Å²) in [5.74, 6) is -0.416. The second-order valence-corrected chi connectivity index (χ2v) is 6.40. The average molecular weight is 256 g/mol. The van der Waals surface area contributed by atoms with Gasteiger partial charge in [-0.15, -0.1) is 0 Å². The van der Waals surface area contributed by atoms with Crippen LogP contribution in [0.25, 0.3) is 0 Å². The minimum absolute atomic E-state index is 0.216. The molecule has 1 fully saturated rings. The summed E-state index contributed by atoms with van der Waals surface area (Å²) < 4.78 is 0. The van der Waals surface area contributed by atoms with E-state index in [4.69, 9.17) is 11.5 Å². The highest BCUT2D eigenvalue weighted by molar-refractivity contribution is 5.83. The van der Waals surface area contributed by atoms with Crippen molar-refractivity contribution >= 4 is 5.91 Å². The monoisotopic (exact) mass is 256 g/mol. The van der Waals surface area contributed by atoms with Crippen LogP contribution in [-0.2, 0) is 4.79 Å². The molecule has 5 heteroatoms. The number of amides is 1. The zero-order chi connectivity index (χ0) is 14.0. The van der Waals surface area contributed by atoms with Crippen molar-refractivity contribution in [2.45, 2.75) is 44.7 Å². The number of hydrogen-bond acceptors (Lipinski definition) is 4. The Balaban J connectivity index is 2.35. The molecule has 1 rings (SSSR count). The van der Waals surface area contributed by atoms with Gasteiger partial charge in [-0.3, -0.25) is 9.69 Å². The summed E-state index contributed by atoms with van der Waals surface area (Å²) in [4.78, 5) is 16.0. The molecule has 18 heavy (non-hydrogen) atoms. The Morgan fingerprint density at radius 3 is 2.50 bits per heavy atom. The lowest BCUT2D eigenvalue weighted by Gasteiger charge is -2.45. The van der Waals surface area contributed by atoms with Crippen molar-refractivity contribution in [1.29, 1.82) is 0 Å². The quantitative estimate of drug-likeness (QED) is 0.726. The minimum atomic E-state index is -0.873. The maximum absolute atomic E-state index is 11.1. The van der Waals surface area contributed by atoms with Gasteiger partial charge in [-0.2, -0.15) is 0 Å². The fraction of sp³-hybridized carbons (Fsp3) is 0.923. The Bertz CT molecular complexity index is 301. The number of rotatable bonds is 5. The van der Waals surface area contributed by atoms with Gasteiger partial charge in [-0.25, -0.2) is 0 Å². The Kier molecular flexibility index (Phi) is 4.75. The Labute approximate surface area is 110 Å². The van der Waals surface area contributed by atoms with E-state index < -0.39 is 11.4 Å². The van der Waals surface area contributed by atoms with E-state index in [0.717, 1.165) is 32.6 Å². The molecule has 5 nitrogen and oxygen atoms in total. The number of piperazine rings is 1. The Morgan fingerprint density at radius 2 is 2.00 bits per heavy atom. The van der Waals surface area contributed by atoms with Gasteiger partial charge in [0.2, 0.25) is 5.91 Å². The van der Waals surface area contributed by atoms with Crippen molar-refractivity contribution in [3.8, 4) is 0 Å². The van der Waals surface area contributed by atoms with Gasteiger partial charge >= 0.3 is 0 Å². The van der Waals surface area contributed by atoms with E-state index in [1.807, 2.05) is 0 Å². The molecule has 0 aromatic rings. The van der Waals surface area contributed by atoms with Crippen LogP contribution in [0, 0.1) is 0 Å². The van der Waals surface area contributed by atoms with Crippen molar-refractivity contribution in [2.75, 3.05) is 33.2 Å². The summed E-state index contributed by atoms with van der Waals surface area (Å²) >= 11 is 0. The van der Waals surface area contributed by atoms with Crippen LogP contribution in [0.15, 0.2) is 0 Å². The van der Waals surface area contributed by atoms with Crippen LogP contribution in [0.5, 0.6) is 0 Å². The molecular weight excluding hydrogens is 228 g/mol. The third-order valence-electron chi connectivity index (χ3n) is 4.13. The molecule has 0 aromatic heterocycles. The van der Waals surface area contributed by atoms with Gasteiger partial charge in [0, 0.05) is 25.2 Å². The number of hydrogen-bond donors (Lipinski definition) is 2. The molecule has 0 aliphatic carbocycles. The molecule has 0 saturated carbocycles. The lowest BCUT2D eigenvalue weighted by Crippen LogP contribution is -2.57. The summed E-state index contributed by atoms with van der Waals surface area (Å²) in [6.45, 7) is 10.4. The van der Waals surface area contributed by atoms with E-state index in [0.29, 0.717) is 6.42 Å². The third kappa shape index (κ3) is 3.93. The van der Waals surface area contributed by atoms with Crippen LogP contribution in [0.1, 0.15) is 33.6 Å². The normalized spacial score (nSPS) is 24.7. The first kappa shape index (κ1) is 15.4. The number of primary amides is 1. The molecule has 1 atom stereocenters. The van der Waals surface area contributed by atoms with Crippen LogP contribution in [0.2, 0.25) is 0 Å². The summed E-state index contributed by atoms with van der Waals surface area (Å²) in [6, 6.07) is 0.